The van der Waals surface area contributed by atoms with Crippen molar-refractivity contribution in [2.24, 2.45) is 4.99 Å². The summed E-state index contributed by atoms with van der Waals surface area (Å²) in [6.45, 7) is 2.61. The van der Waals surface area contributed by atoms with E-state index in [-0.39, 0.29) is 23.6 Å². The van der Waals surface area contributed by atoms with Crippen molar-refractivity contribution >= 4 is 34.0 Å². The normalized spacial score (nSPS) is 11.2. The summed E-state index contributed by atoms with van der Waals surface area (Å²) in [5, 5.41) is 9.55. The largest absolute Gasteiger partial charge is 0.497 e. The molecule has 0 fully saturated rings. The lowest BCUT2D eigenvalue weighted by Gasteiger charge is -2.09. The van der Waals surface area contributed by atoms with Gasteiger partial charge < -0.3 is 19.1 Å². The highest BCUT2D eigenvalue weighted by Gasteiger charge is 2.13. The fourth-order valence-electron chi connectivity index (χ4n) is 2.79. The molecule has 0 radical (unpaired) electrons. The van der Waals surface area contributed by atoms with Crippen molar-refractivity contribution in [2.45, 2.75) is 13.5 Å². The minimum Gasteiger partial charge on any atom is -0.497 e. The van der Waals surface area contributed by atoms with Gasteiger partial charge in [-0.05, 0) is 61.0 Å². The quantitative estimate of drug-likeness (QED) is 0.607. The number of aryl methyl sites for hydroxylation is 1. The van der Waals surface area contributed by atoms with Gasteiger partial charge in [0.15, 0.2) is 4.80 Å². The molecule has 0 amide bonds. The van der Waals surface area contributed by atoms with Gasteiger partial charge in [-0.15, -0.1) is 28.3 Å². The van der Waals surface area contributed by atoms with Crippen LogP contribution in [-0.2, 0) is 6.54 Å². The van der Waals surface area contributed by atoms with Gasteiger partial charge in [-0.3, -0.25) is 0 Å². The van der Waals surface area contributed by atoms with Gasteiger partial charge in [0.05, 0.1) is 32.2 Å². The molecule has 7 heteroatoms. The zero-order valence-corrected chi connectivity index (χ0v) is 18.0. The molecule has 1 aromatic heterocycles. The maximum absolute atomic E-state index is 9.55. The van der Waals surface area contributed by atoms with Gasteiger partial charge in [0.1, 0.15) is 11.5 Å². The van der Waals surface area contributed by atoms with Gasteiger partial charge in [-0.2, -0.15) is 0 Å². The van der Waals surface area contributed by atoms with Gasteiger partial charge in [0, 0.05) is 11.4 Å². The second-order valence-electron chi connectivity index (χ2n) is 5.70. The van der Waals surface area contributed by atoms with Crippen molar-refractivity contribution in [3.8, 4) is 22.8 Å². The van der Waals surface area contributed by atoms with Crippen LogP contribution in [0.3, 0.4) is 0 Å². The average molecular weight is 451 g/mol. The van der Waals surface area contributed by atoms with Gasteiger partial charge in [0.25, 0.3) is 0 Å². The average Bonchev–Trinajstić information content (AvgIpc) is 2.97. The Kier molecular flexibility index (Phi) is 7.65. The summed E-state index contributed by atoms with van der Waals surface area (Å²) in [5.41, 5.74) is 2.99. The van der Waals surface area contributed by atoms with Crippen molar-refractivity contribution in [3.05, 3.63) is 58.2 Å². The molecule has 0 bridgehead atoms. The van der Waals surface area contributed by atoms with E-state index in [1.807, 2.05) is 48.5 Å². The summed E-state index contributed by atoms with van der Waals surface area (Å²) in [4.78, 5) is 6.77. The smallest absolute Gasteiger partial charge is 0.190 e. The van der Waals surface area contributed by atoms with E-state index in [0.717, 1.165) is 38.1 Å². The number of benzene rings is 2. The lowest BCUT2D eigenvalue weighted by Crippen LogP contribution is -2.18. The first-order valence-corrected chi connectivity index (χ1v) is 9.12. The second-order valence-corrected chi connectivity index (χ2v) is 6.88. The molecule has 27 heavy (non-hydrogen) atoms. The number of ether oxygens (including phenoxy) is 2. The summed E-state index contributed by atoms with van der Waals surface area (Å²) >= 11 is 1.61. The van der Waals surface area contributed by atoms with Crippen molar-refractivity contribution in [1.29, 1.82) is 0 Å². The molecule has 2 aromatic carbocycles. The molecular weight excluding hydrogens is 428 g/mol. The third-order valence-electron chi connectivity index (χ3n) is 4.06. The van der Waals surface area contributed by atoms with Gasteiger partial charge in [0.2, 0.25) is 0 Å². The number of hydrogen-bond donors (Lipinski definition) is 1. The van der Waals surface area contributed by atoms with Crippen LogP contribution in [0.15, 0.2) is 53.5 Å². The zero-order valence-electron chi connectivity index (χ0n) is 15.5. The number of hydrogen-bond acceptors (Lipinski definition) is 5. The number of aromatic nitrogens is 1. The van der Waals surface area contributed by atoms with E-state index in [1.165, 1.54) is 0 Å². The van der Waals surface area contributed by atoms with E-state index in [2.05, 4.69) is 11.5 Å². The highest BCUT2D eigenvalue weighted by Crippen LogP contribution is 2.27. The van der Waals surface area contributed by atoms with E-state index in [1.54, 1.807) is 25.6 Å². The highest BCUT2D eigenvalue weighted by molar-refractivity contribution is 8.93. The molecule has 5 nitrogen and oxygen atoms in total. The van der Waals surface area contributed by atoms with Crippen LogP contribution in [0.2, 0.25) is 0 Å². The summed E-state index contributed by atoms with van der Waals surface area (Å²) in [5.74, 6) is 1.62. The van der Waals surface area contributed by atoms with E-state index < -0.39 is 0 Å². The SMILES string of the molecule is Br.COc1ccc(N=c2sc(C)c(-c3ccc(OC)cc3)n2CCO)cc1. The van der Waals surface area contributed by atoms with Gasteiger partial charge in [-0.25, -0.2) is 4.99 Å². The predicted molar refractivity (Wildman–Crippen MR) is 115 cm³/mol. The number of aliphatic hydroxyl groups is 1. The van der Waals surface area contributed by atoms with Crippen LogP contribution in [-0.4, -0.2) is 30.5 Å². The molecule has 0 aliphatic rings. The Balaban J connectivity index is 0.00000261. The molecule has 3 aromatic rings. The first kappa shape index (κ1) is 21.2. The Morgan fingerprint density at radius 2 is 1.52 bits per heavy atom. The van der Waals surface area contributed by atoms with Crippen LogP contribution in [0.4, 0.5) is 5.69 Å². The molecule has 3 rings (SSSR count). The van der Waals surface area contributed by atoms with Crippen molar-refractivity contribution in [3.63, 3.8) is 0 Å². The van der Waals surface area contributed by atoms with Crippen molar-refractivity contribution < 1.29 is 14.6 Å². The van der Waals surface area contributed by atoms with E-state index in [4.69, 9.17) is 14.5 Å². The van der Waals surface area contributed by atoms with Crippen LogP contribution < -0.4 is 14.3 Å². The monoisotopic (exact) mass is 450 g/mol. The number of aliphatic hydroxyl groups excluding tert-OH is 1. The van der Waals surface area contributed by atoms with Crippen LogP contribution in [0.5, 0.6) is 11.5 Å². The number of halogens is 1. The number of nitrogens with zero attached hydrogens (tertiary/aromatic N) is 2. The van der Waals surface area contributed by atoms with Crippen LogP contribution in [0.25, 0.3) is 11.3 Å². The third-order valence-corrected chi connectivity index (χ3v) is 5.06. The molecule has 0 spiro atoms. The summed E-state index contributed by atoms with van der Waals surface area (Å²) in [7, 11) is 3.30. The molecule has 144 valence electrons. The maximum atomic E-state index is 9.55. The molecular formula is C20H23BrN2O3S. The summed E-state index contributed by atoms with van der Waals surface area (Å²) in [6.07, 6.45) is 0. The van der Waals surface area contributed by atoms with Crippen molar-refractivity contribution in [1.82, 2.24) is 4.57 Å². The lowest BCUT2D eigenvalue weighted by molar-refractivity contribution is 0.275. The maximum Gasteiger partial charge on any atom is 0.190 e. The highest BCUT2D eigenvalue weighted by atomic mass is 79.9. The summed E-state index contributed by atoms with van der Waals surface area (Å²) in [6, 6.07) is 15.6. The first-order valence-electron chi connectivity index (χ1n) is 8.30. The Labute approximate surface area is 173 Å². The Bertz CT molecular complexity index is 931. The molecule has 1 N–H and O–H groups in total. The molecule has 0 aliphatic heterocycles. The molecule has 0 atom stereocenters. The van der Waals surface area contributed by atoms with Crippen LogP contribution in [0, 0.1) is 6.92 Å². The molecule has 0 saturated heterocycles. The number of thiazole rings is 1. The second kappa shape index (κ2) is 9.73. The van der Waals surface area contributed by atoms with Crippen LogP contribution >= 0.6 is 28.3 Å². The fraction of sp³-hybridized carbons (Fsp3) is 0.250. The van der Waals surface area contributed by atoms with E-state index >= 15 is 0 Å². The predicted octanol–water partition coefficient (Wildman–Crippen LogP) is 4.34. The van der Waals surface area contributed by atoms with Gasteiger partial charge >= 0.3 is 0 Å². The fourth-order valence-corrected chi connectivity index (χ4v) is 3.83. The Hall–Kier alpha value is -2.09. The minimum absolute atomic E-state index is 0. The van der Waals surface area contributed by atoms with Gasteiger partial charge in [-0.1, -0.05) is 0 Å². The zero-order chi connectivity index (χ0) is 18.5. The number of rotatable bonds is 6. The Morgan fingerprint density at radius 1 is 0.963 bits per heavy atom. The molecule has 0 saturated carbocycles. The third kappa shape index (κ3) is 4.80. The lowest BCUT2D eigenvalue weighted by atomic mass is 10.1. The number of methoxy groups -OCH3 is 2. The minimum atomic E-state index is 0. The van der Waals surface area contributed by atoms with E-state index in [0.29, 0.717) is 6.54 Å². The first-order chi connectivity index (χ1) is 12.7. The Morgan fingerprint density at radius 3 is 2.04 bits per heavy atom. The molecule has 0 unspecified atom stereocenters. The van der Waals surface area contributed by atoms with Crippen molar-refractivity contribution in [2.75, 3.05) is 20.8 Å². The van der Waals surface area contributed by atoms with E-state index in [9.17, 15) is 5.11 Å². The van der Waals surface area contributed by atoms with Crippen LogP contribution in [0.1, 0.15) is 4.88 Å². The summed E-state index contributed by atoms with van der Waals surface area (Å²) < 4.78 is 12.5. The molecule has 1 heterocycles. The molecule has 0 aliphatic carbocycles. The topological polar surface area (TPSA) is 56.0 Å². The standard InChI is InChI=1S/C20H22N2O3S.BrH/c1-14-19(15-4-8-17(24-2)9-5-15)22(12-13-23)20(26-14)21-16-6-10-18(25-3)11-7-16;/h4-11,23H,12-13H2,1-3H3;1H.